The molecule has 1 amide bonds. The summed E-state index contributed by atoms with van der Waals surface area (Å²) in [5, 5.41) is 12.2. The predicted molar refractivity (Wildman–Crippen MR) is 121 cm³/mol. The molecule has 4 rings (SSSR count). The number of amides is 1. The quantitative estimate of drug-likeness (QED) is 0.513. The largest absolute Gasteiger partial charge is 0.494 e. The van der Waals surface area contributed by atoms with Crippen molar-refractivity contribution in [1.29, 1.82) is 0 Å². The zero-order valence-electron chi connectivity index (χ0n) is 19.1. The summed E-state index contributed by atoms with van der Waals surface area (Å²) in [4.78, 5) is 17.2. The van der Waals surface area contributed by atoms with Crippen LogP contribution in [-0.2, 0) is 6.54 Å². The third-order valence-electron chi connectivity index (χ3n) is 5.58. The second kappa shape index (κ2) is 10.3. The third-order valence-corrected chi connectivity index (χ3v) is 5.58. The van der Waals surface area contributed by atoms with Crippen LogP contribution in [0.1, 0.15) is 23.1 Å². The molecule has 10 nitrogen and oxygen atoms in total. The number of carbonyl (C=O) groups is 1. The summed E-state index contributed by atoms with van der Waals surface area (Å²) in [6.07, 6.45) is 0. The number of hydrogen-bond donors (Lipinski definition) is 0. The van der Waals surface area contributed by atoms with Gasteiger partial charge in [-0.25, -0.2) is 0 Å². The van der Waals surface area contributed by atoms with Gasteiger partial charge in [0, 0.05) is 26.2 Å². The van der Waals surface area contributed by atoms with E-state index in [0.29, 0.717) is 56.4 Å². The van der Waals surface area contributed by atoms with E-state index >= 15 is 0 Å². The van der Waals surface area contributed by atoms with Crippen molar-refractivity contribution in [1.82, 2.24) is 30.0 Å². The van der Waals surface area contributed by atoms with Crippen LogP contribution in [0, 0.1) is 0 Å². The van der Waals surface area contributed by atoms with Gasteiger partial charge in [0.05, 0.1) is 38.6 Å². The smallest absolute Gasteiger partial charge is 0.257 e. The summed E-state index contributed by atoms with van der Waals surface area (Å²) in [5.41, 5.74) is 1.38. The van der Waals surface area contributed by atoms with Gasteiger partial charge in [-0.05, 0) is 53.7 Å². The number of tetrazole rings is 1. The molecule has 0 spiro atoms. The lowest BCUT2D eigenvalue weighted by molar-refractivity contribution is 0.0620. The van der Waals surface area contributed by atoms with Gasteiger partial charge in [-0.3, -0.25) is 9.69 Å². The Morgan fingerprint density at radius 1 is 1.00 bits per heavy atom. The molecule has 0 N–H and O–H groups in total. The lowest BCUT2D eigenvalue weighted by atomic mass is 10.1. The van der Waals surface area contributed by atoms with Crippen molar-refractivity contribution in [3.05, 3.63) is 53.9 Å². The Balaban J connectivity index is 1.39. The van der Waals surface area contributed by atoms with Crippen LogP contribution in [0.2, 0.25) is 0 Å². The third kappa shape index (κ3) is 4.90. The molecule has 3 aromatic rings. The molecular weight excluding hydrogens is 424 g/mol. The molecule has 0 bridgehead atoms. The summed E-state index contributed by atoms with van der Waals surface area (Å²) < 4.78 is 18.0. The Labute approximate surface area is 192 Å². The molecule has 174 valence electrons. The van der Waals surface area contributed by atoms with Crippen molar-refractivity contribution >= 4 is 5.91 Å². The van der Waals surface area contributed by atoms with E-state index in [1.165, 1.54) is 0 Å². The topological polar surface area (TPSA) is 94.8 Å². The number of ether oxygens (including phenoxy) is 3. The van der Waals surface area contributed by atoms with Gasteiger partial charge in [0.2, 0.25) is 0 Å². The fourth-order valence-electron chi connectivity index (χ4n) is 3.89. The van der Waals surface area contributed by atoms with E-state index in [1.807, 2.05) is 36.1 Å². The van der Waals surface area contributed by atoms with Gasteiger partial charge in [-0.2, -0.15) is 4.68 Å². The number of aromatic nitrogens is 4. The first-order valence-electron chi connectivity index (χ1n) is 10.9. The zero-order chi connectivity index (χ0) is 23.2. The number of para-hydroxylation sites is 1. The highest BCUT2D eigenvalue weighted by molar-refractivity contribution is 5.97. The lowest BCUT2D eigenvalue weighted by Gasteiger charge is -2.34. The SMILES string of the molecule is CCOc1ccc(-n2nnnc2CN2CCN(C(=O)c3cccc(OC)c3OC)CC2)cc1. The highest BCUT2D eigenvalue weighted by Gasteiger charge is 2.26. The fourth-order valence-corrected chi connectivity index (χ4v) is 3.89. The lowest BCUT2D eigenvalue weighted by Crippen LogP contribution is -2.48. The van der Waals surface area contributed by atoms with E-state index < -0.39 is 0 Å². The molecule has 10 heteroatoms. The Kier molecular flexibility index (Phi) is 7.04. The number of carbonyl (C=O) groups excluding carboxylic acids is 1. The maximum absolute atomic E-state index is 13.1. The Morgan fingerprint density at radius 3 is 2.42 bits per heavy atom. The minimum atomic E-state index is -0.0652. The molecule has 0 saturated carbocycles. The summed E-state index contributed by atoms with van der Waals surface area (Å²) >= 11 is 0. The number of rotatable bonds is 8. The van der Waals surface area contributed by atoms with Gasteiger partial charge < -0.3 is 19.1 Å². The molecule has 33 heavy (non-hydrogen) atoms. The second-order valence-corrected chi connectivity index (χ2v) is 7.54. The number of piperazine rings is 1. The van der Waals surface area contributed by atoms with Crippen LogP contribution >= 0.6 is 0 Å². The fraction of sp³-hybridized carbons (Fsp3) is 0.391. The zero-order valence-corrected chi connectivity index (χ0v) is 19.1. The average Bonchev–Trinajstić information content (AvgIpc) is 3.32. The van der Waals surface area contributed by atoms with Crippen LogP contribution in [0.5, 0.6) is 17.2 Å². The van der Waals surface area contributed by atoms with Crippen molar-refractivity contribution < 1.29 is 19.0 Å². The van der Waals surface area contributed by atoms with E-state index in [1.54, 1.807) is 37.1 Å². The molecule has 1 aliphatic rings. The van der Waals surface area contributed by atoms with Gasteiger partial charge in [0.1, 0.15) is 5.75 Å². The van der Waals surface area contributed by atoms with Crippen LogP contribution in [-0.4, -0.2) is 82.9 Å². The van der Waals surface area contributed by atoms with Crippen LogP contribution in [0.3, 0.4) is 0 Å². The van der Waals surface area contributed by atoms with E-state index in [0.717, 1.165) is 17.3 Å². The van der Waals surface area contributed by atoms with E-state index in [-0.39, 0.29) is 5.91 Å². The van der Waals surface area contributed by atoms with Crippen molar-refractivity contribution in [2.24, 2.45) is 0 Å². The summed E-state index contributed by atoms with van der Waals surface area (Å²) in [6.45, 7) is 5.79. The second-order valence-electron chi connectivity index (χ2n) is 7.54. The number of nitrogens with zero attached hydrogens (tertiary/aromatic N) is 6. The molecule has 0 unspecified atom stereocenters. The highest BCUT2D eigenvalue weighted by atomic mass is 16.5. The first-order chi connectivity index (χ1) is 16.1. The Morgan fingerprint density at radius 2 is 1.76 bits per heavy atom. The molecular formula is C23H28N6O4. The summed E-state index contributed by atoms with van der Waals surface area (Å²) in [5.74, 6) is 2.49. The Hall–Kier alpha value is -3.66. The predicted octanol–water partition coefficient (Wildman–Crippen LogP) is 2.04. The van der Waals surface area contributed by atoms with Gasteiger partial charge in [-0.1, -0.05) is 6.07 Å². The molecule has 1 aromatic heterocycles. The summed E-state index contributed by atoms with van der Waals surface area (Å²) in [6, 6.07) is 13.0. The molecule has 1 fully saturated rings. The monoisotopic (exact) mass is 452 g/mol. The number of hydrogen-bond acceptors (Lipinski definition) is 8. The first-order valence-corrected chi connectivity index (χ1v) is 10.9. The molecule has 1 saturated heterocycles. The van der Waals surface area contributed by atoms with Gasteiger partial charge in [0.25, 0.3) is 5.91 Å². The van der Waals surface area contributed by atoms with Gasteiger partial charge in [-0.15, -0.1) is 5.10 Å². The van der Waals surface area contributed by atoms with Gasteiger partial charge in [0.15, 0.2) is 17.3 Å². The molecule has 0 aliphatic carbocycles. The number of methoxy groups -OCH3 is 2. The molecule has 2 heterocycles. The van der Waals surface area contributed by atoms with Crippen LogP contribution in [0.25, 0.3) is 5.69 Å². The van der Waals surface area contributed by atoms with Crippen LogP contribution in [0.4, 0.5) is 0 Å². The van der Waals surface area contributed by atoms with Crippen LogP contribution in [0.15, 0.2) is 42.5 Å². The minimum Gasteiger partial charge on any atom is -0.494 e. The summed E-state index contributed by atoms with van der Waals surface area (Å²) in [7, 11) is 3.10. The van der Waals surface area contributed by atoms with E-state index in [2.05, 4.69) is 20.4 Å². The minimum absolute atomic E-state index is 0.0652. The average molecular weight is 453 g/mol. The molecule has 0 radical (unpaired) electrons. The Bertz CT molecular complexity index is 1080. The van der Waals surface area contributed by atoms with Crippen molar-refractivity contribution in [3.63, 3.8) is 0 Å². The molecule has 2 aromatic carbocycles. The normalized spacial score (nSPS) is 14.2. The maximum Gasteiger partial charge on any atom is 0.257 e. The standard InChI is InChI=1S/C23H28N6O4/c1-4-33-18-10-8-17(9-11-18)29-21(24-25-26-29)16-27-12-14-28(15-13-27)23(30)19-6-5-7-20(31-2)22(19)32-3/h5-11H,4,12-16H2,1-3H3. The maximum atomic E-state index is 13.1. The van der Waals surface area contributed by atoms with E-state index in [9.17, 15) is 4.79 Å². The van der Waals surface area contributed by atoms with Gasteiger partial charge >= 0.3 is 0 Å². The van der Waals surface area contributed by atoms with Crippen LogP contribution < -0.4 is 14.2 Å². The number of benzene rings is 2. The highest BCUT2D eigenvalue weighted by Crippen LogP contribution is 2.31. The van der Waals surface area contributed by atoms with Crippen molar-refractivity contribution in [2.45, 2.75) is 13.5 Å². The van der Waals surface area contributed by atoms with E-state index in [4.69, 9.17) is 14.2 Å². The molecule has 1 aliphatic heterocycles. The first kappa shape index (κ1) is 22.5. The molecule has 0 atom stereocenters. The van der Waals surface area contributed by atoms with Crippen molar-refractivity contribution in [3.8, 4) is 22.9 Å². The van der Waals surface area contributed by atoms with Crippen molar-refractivity contribution in [2.75, 3.05) is 47.0 Å².